The predicted molar refractivity (Wildman–Crippen MR) is 42.4 cm³/mol. The monoisotopic (exact) mass is 244 g/mol. The minimum Gasteiger partial charge on any atom is -0.302 e. The van der Waals surface area contributed by atoms with Crippen molar-refractivity contribution in [2.45, 2.75) is 18.8 Å². The SMILES string of the molecule is O=CC1(C(F)(F)F)C=CC=C(C(F)(F)F)C1. The molecule has 0 aromatic rings. The van der Waals surface area contributed by atoms with Crippen molar-refractivity contribution in [1.29, 1.82) is 0 Å². The fourth-order valence-corrected chi connectivity index (χ4v) is 1.31. The lowest BCUT2D eigenvalue weighted by molar-refractivity contribution is -0.202. The molecule has 1 nitrogen and oxygen atoms in total. The third-order valence-corrected chi connectivity index (χ3v) is 2.28. The summed E-state index contributed by atoms with van der Waals surface area (Å²) in [7, 11) is 0. The highest BCUT2D eigenvalue weighted by Crippen LogP contribution is 2.47. The van der Waals surface area contributed by atoms with E-state index in [-0.39, 0.29) is 0 Å². The predicted octanol–water partition coefficient (Wildman–Crippen LogP) is 3.18. The normalized spacial score (nSPS) is 26.5. The fraction of sp³-hybridized carbons (Fsp3) is 0.444. The van der Waals surface area contributed by atoms with Gasteiger partial charge < -0.3 is 4.79 Å². The molecule has 0 aromatic heterocycles. The molecular weight excluding hydrogens is 238 g/mol. The van der Waals surface area contributed by atoms with E-state index in [0.717, 1.165) is 0 Å². The molecule has 1 aliphatic rings. The maximum Gasteiger partial charge on any atom is 0.412 e. The van der Waals surface area contributed by atoms with Crippen LogP contribution in [0.4, 0.5) is 26.3 Å². The highest BCUT2D eigenvalue weighted by Gasteiger charge is 2.56. The summed E-state index contributed by atoms with van der Waals surface area (Å²) in [4.78, 5) is 10.4. The van der Waals surface area contributed by atoms with E-state index in [9.17, 15) is 31.1 Å². The number of halogens is 6. The number of carbonyl (C=O) groups is 1. The van der Waals surface area contributed by atoms with Crippen LogP contribution in [-0.4, -0.2) is 18.6 Å². The Morgan fingerprint density at radius 2 is 1.75 bits per heavy atom. The van der Waals surface area contributed by atoms with E-state index in [1.165, 1.54) is 0 Å². The van der Waals surface area contributed by atoms with Crippen molar-refractivity contribution >= 4 is 6.29 Å². The van der Waals surface area contributed by atoms with Crippen LogP contribution in [0, 0.1) is 5.41 Å². The van der Waals surface area contributed by atoms with E-state index in [0.29, 0.717) is 18.2 Å². The lowest BCUT2D eigenvalue weighted by Gasteiger charge is -2.30. The van der Waals surface area contributed by atoms with E-state index >= 15 is 0 Å². The van der Waals surface area contributed by atoms with Crippen molar-refractivity contribution in [2.24, 2.45) is 5.41 Å². The van der Waals surface area contributed by atoms with E-state index in [1.54, 1.807) is 0 Å². The minimum absolute atomic E-state index is 0.440. The van der Waals surface area contributed by atoms with Gasteiger partial charge in [-0.15, -0.1) is 0 Å². The minimum atomic E-state index is -5.03. The molecule has 0 aliphatic heterocycles. The molecule has 0 N–H and O–H groups in total. The van der Waals surface area contributed by atoms with Crippen LogP contribution >= 0.6 is 0 Å². The first-order valence-electron chi connectivity index (χ1n) is 4.11. The molecule has 0 spiro atoms. The summed E-state index contributed by atoms with van der Waals surface area (Å²) in [6.45, 7) is 0. The largest absolute Gasteiger partial charge is 0.412 e. The van der Waals surface area contributed by atoms with Crippen LogP contribution in [0.25, 0.3) is 0 Å². The Balaban J connectivity index is 3.11. The number of carbonyl (C=O) groups excluding carboxylic acids is 1. The molecule has 0 fully saturated rings. The van der Waals surface area contributed by atoms with Gasteiger partial charge in [0.1, 0.15) is 11.7 Å². The topological polar surface area (TPSA) is 17.1 Å². The van der Waals surface area contributed by atoms with Gasteiger partial charge in [0.25, 0.3) is 0 Å². The Hall–Kier alpha value is -1.27. The third-order valence-electron chi connectivity index (χ3n) is 2.28. The lowest BCUT2D eigenvalue weighted by Crippen LogP contribution is -2.40. The summed E-state index contributed by atoms with van der Waals surface area (Å²) in [5.41, 5.74) is -4.42. The molecule has 1 rings (SSSR count). The quantitative estimate of drug-likeness (QED) is 0.511. The zero-order chi connectivity index (χ0) is 12.6. The third kappa shape index (κ3) is 2.12. The number of allylic oxidation sites excluding steroid dienone is 4. The van der Waals surface area contributed by atoms with Gasteiger partial charge in [-0.2, -0.15) is 26.3 Å². The zero-order valence-electron chi connectivity index (χ0n) is 7.69. The molecule has 1 atom stereocenters. The summed E-state index contributed by atoms with van der Waals surface area (Å²) >= 11 is 0. The van der Waals surface area contributed by atoms with Crippen LogP contribution in [0.5, 0.6) is 0 Å². The first-order chi connectivity index (χ1) is 7.12. The van der Waals surface area contributed by atoms with Gasteiger partial charge >= 0.3 is 12.4 Å². The van der Waals surface area contributed by atoms with Crippen LogP contribution in [-0.2, 0) is 4.79 Å². The van der Waals surface area contributed by atoms with Crippen LogP contribution < -0.4 is 0 Å². The van der Waals surface area contributed by atoms with Crippen molar-refractivity contribution in [3.63, 3.8) is 0 Å². The molecule has 1 unspecified atom stereocenters. The standard InChI is InChI=1S/C9H6F6O/c10-8(11,12)6-2-1-3-7(4-6,5-16)9(13,14)15/h1-3,5H,4H2. The van der Waals surface area contributed by atoms with Gasteiger partial charge in [-0.25, -0.2) is 0 Å². The van der Waals surface area contributed by atoms with Gasteiger partial charge in [-0.1, -0.05) is 18.2 Å². The molecular formula is C9H6F6O. The molecule has 0 radical (unpaired) electrons. The summed E-state index contributed by atoms with van der Waals surface area (Å²) in [6, 6.07) is 0. The molecule has 0 heterocycles. The molecule has 0 aromatic carbocycles. The summed E-state index contributed by atoms with van der Waals surface area (Å²) < 4.78 is 74.1. The van der Waals surface area contributed by atoms with Gasteiger partial charge in [-0.05, 0) is 0 Å². The maximum atomic E-state index is 12.5. The maximum absolute atomic E-state index is 12.5. The number of alkyl halides is 6. The van der Waals surface area contributed by atoms with Crippen LogP contribution in [0.3, 0.4) is 0 Å². The van der Waals surface area contributed by atoms with E-state index in [1.807, 2.05) is 0 Å². The molecule has 7 heteroatoms. The summed E-state index contributed by atoms with van der Waals surface area (Å²) in [5.74, 6) is 0. The van der Waals surface area contributed by atoms with Gasteiger partial charge in [0.2, 0.25) is 0 Å². The Kier molecular flexibility index (Phi) is 2.91. The number of aldehydes is 1. The van der Waals surface area contributed by atoms with E-state index in [4.69, 9.17) is 0 Å². The van der Waals surface area contributed by atoms with Crippen molar-refractivity contribution in [3.8, 4) is 0 Å². The second kappa shape index (κ2) is 3.64. The Labute approximate surface area is 86.4 Å². The Morgan fingerprint density at radius 1 is 1.19 bits per heavy atom. The van der Waals surface area contributed by atoms with Gasteiger partial charge in [0.15, 0.2) is 0 Å². The summed E-state index contributed by atoms with van der Waals surface area (Å²) in [6.07, 6.45) is -10.2. The number of rotatable bonds is 1. The molecule has 90 valence electrons. The number of hydrogen-bond acceptors (Lipinski definition) is 1. The number of hydrogen-bond donors (Lipinski definition) is 0. The van der Waals surface area contributed by atoms with Crippen LogP contribution in [0.2, 0.25) is 0 Å². The molecule has 0 bridgehead atoms. The van der Waals surface area contributed by atoms with Crippen molar-refractivity contribution in [3.05, 3.63) is 23.8 Å². The van der Waals surface area contributed by atoms with Gasteiger partial charge in [0.05, 0.1) is 0 Å². The smallest absolute Gasteiger partial charge is 0.302 e. The first-order valence-corrected chi connectivity index (χ1v) is 4.11. The molecule has 0 saturated carbocycles. The van der Waals surface area contributed by atoms with E-state index < -0.39 is 36.0 Å². The van der Waals surface area contributed by atoms with Crippen molar-refractivity contribution in [1.82, 2.24) is 0 Å². The second-order valence-corrected chi connectivity index (χ2v) is 3.38. The average Bonchev–Trinajstić information content (AvgIpc) is 2.15. The highest BCUT2D eigenvalue weighted by atomic mass is 19.4. The Morgan fingerprint density at radius 3 is 2.12 bits per heavy atom. The lowest BCUT2D eigenvalue weighted by atomic mass is 9.78. The summed E-state index contributed by atoms with van der Waals surface area (Å²) in [5, 5.41) is 0. The molecule has 0 amide bonds. The molecule has 1 aliphatic carbocycles. The van der Waals surface area contributed by atoms with Gasteiger partial charge in [0, 0.05) is 12.0 Å². The van der Waals surface area contributed by atoms with Crippen LogP contribution in [0.15, 0.2) is 23.8 Å². The molecule has 0 saturated heterocycles. The van der Waals surface area contributed by atoms with Crippen LogP contribution in [0.1, 0.15) is 6.42 Å². The zero-order valence-corrected chi connectivity index (χ0v) is 7.69. The van der Waals surface area contributed by atoms with E-state index in [2.05, 4.69) is 0 Å². The van der Waals surface area contributed by atoms with Crippen molar-refractivity contribution in [2.75, 3.05) is 0 Å². The fourth-order valence-electron chi connectivity index (χ4n) is 1.31. The first kappa shape index (κ1) is 12.8. The Bertz CT molecular complexity index is 348. The molecule has 16 heavy (non-hydrogen) atoms. The van der Waals surface area contributed by atoms with Crippen molar-refractivity contribution < 1.29 is 31.1 Å². The average molecular weight is 244 g/mol. The highest BCUT2D eigenvalue weighted by molar-refractivity contribution is 5.66. The second-order valence-electron chi connectivity index (χ2n) is 3.38. The van der Waals surface area contributed by atoms with Gasteiger partial charge in [-0.3, -0.25) is 0 Å².